The molecule has 2 N–H and O–H groups in total. The van der Waals surface area contributed by atoms with Gasteiger partial charge in [-0.1, -0.05) is 0 Å². The van der Waals surface area contributed by atoms with Crippen molar-refractivity contribution in [2.45, 2.75) is 13.1 Å². The lowest BCUT2D eigenvalue weighted by Gasteiger charge is -2.04. The van der Waals surface area contributed by atoms with Crippen molar-refractivity contribution < 1.29 is 22.8 Å². The summed E-state index contributed by atoms with van der Waals surface area (Å²) in [6.45, 7) is -0.351. The van der Waals surface area contributed by atoms with Crippen LogP contribution < -0.4 is 16.4 Å². The SMILES string of the molecule is O=C(Cn1nc(-c2ccco2)oc1=O)NC(=O)NCc1ccco1. The zero-order chi connectivity index (χ0) is 16.9. The van der Waals surface area contributed by atoms with Crippen LogP contribution in [0.25, 0.3) is 11.7 Å². The van der Waals surface area contributed by atoms with E-state index in [0.717, 1.165) is 4.68 Å². The van der Waals surface area contributed by atoms with Crippen molar-refractivity contribution in [1.29, 1.82) is 0 Å². The van der Waals surface area contributed by atoms with Gasteiger partial charge in [0.25, 0.3) is 5.89 Å². The van der Waals surface area contributed by atoms with Crippen LogP contribution in [0.15, 0.2) is 54.8 Å². The first-order chi connectivity index (χ1) is 11.6. The quantitative estimate of drug-likeness (QED) is 0.703. The Kier molecular flexibility index (Phi) is 4.27. The Balaban J connectivity index is 1.55. The molecule has 3 amide bonds. The molecule has 0 aromatic carbocycles. The zero-order valence-corrected chi connectivity index (χ0v) is 12.2. The van der Waals surface area contributed by atoms with Crippen molar-refractivity contribution in [2.24, 2.45) is 0 Å². The molecule has 3 heterocycles. The van der Waals surface area contributed by atoms with Gasteiger partial charge in [0, 0.05) is 0 Å². The van der Waals surface area contributed by atoms with Crippen LogP contribution in [-0.2, 0) is 17.9 Å². The Morgan fingerprint density at radius 3 is 2.67 bits per heavy atom. The monoisotopic (exact) mass is 332 g/mol. The molecule has 3 aromatic rings. The van der Waals surface area contributed by atoms with Gasteiger partial charge in [0.15, 0.2) is 5.76 Å². The number of hydrogen-bond donors (Lipinski definition) is 2. The van der Waals surface area contributed by atoms with E-state index in [0.29, 0.717) is 5.76 Å². The Morgan fingerprint density at radius 1 is 1.17 bits per heavy atom. The van der Waals surface area contributed by atoms with Crippen molar-refractivity contribution in [3.05, 3.63) is 53.1 Å². The Bertz CT molecular complexity index is 875. The molecule has 0 bridgehead atoms. The minimum Gasteiger partial charge on any atom is -0.467 e. The van der Waals surface area contributed by atoms with Crippen molar-refractivity contribution in [3.63, 3.8) is 0 Å². The summed E-state index contributed by atoms with van der Waals surface area (Å²) in [5.74, 6) is -0.836. The maximum Gasteiger partial charge on any atom is 0.437 e. The van der Waals surface area contributed by atoms with Gasteiger partial charge in [-0.2, -0.15) is 4.68 Å². The average molecular weight is 332 g/mol. The fourth-order valence-electron chi connectivity index (χ4n) is 1.83. The van der Waals surface area contributed by atoms with Gasteiger partial charge in [-0.25, -0.2) is 9.59 Å². The molecule has 0 aliphatic rings. The van der Waals surface area contributed by atoms with Crippen molar-refractivity contribution in [1.82, 2.24) is 20.4 Å². The highest BCUT2D eigenvalue weighted by Crippen LogP contribution is 2.14. The number of carbonyl (C=O) groups excluding carboxylic acids is 2. The van der Waals surface area contributed by atoms with Crippen LogP contribution in [0.1, 0.15) is 5.76 Å². The topological polar surface area (TPSA) is 133 Å². The van der Waals surface area contributed by atoms with Gasteiger partial charge in [-0.3, -0.25) is 10.1 Å². The second-order valence-electron chi connectivity index (χ2n) is 4.62. The van der Waals surface area contributed by atoms with Gasteiger partial charge in [0.2, 0.25) is 5.91 Å². The highest BCUT2D eigenvalue weighted by Gasteiger charge is 2.16. The average Bonchev–Trinajstić information content (AvgIpc) is 3.27. The van der Waals surface area contributed by atoms with Crippen LogP contribution in [0.3, 0.4) is 0 Å². The van der Waals surface area contributed by atoms with Gasteiger partial charge in [0.1, 0.15) is 12.3 Å². The summed E-state index contributed by atoms with van der Waals surface area (Å²) >= 11 is 0. The first kappa shape index (κ1) is 15.3. The van der Waals surface area contributed by atoms with Crippen LogP contribution >= 0.6 is 0 Å². The number of carbonyl (C=O) groups is 2. The Morgan fingerprint density at radius 2 is 1.96 bits per heavy atom. The second-order valence-corrected chi connectivity index (χ2v) is 4.62. The fraction of sp³-hybridized carbons (Fsp3) is 0.143. The van der Waals surface area contributed by atoms with Gasteiger partial charge < -0.3 is 18.6 Å². The molecule has 124 valence electrons. The van der Waals surface area contributed by atoms with Crippen molar-refractivity contribution in [2.75, 3.05) is 0 Å². The molecule has 0 aliphatic carbocycles. The summed E-state index contributed by atoms with van der Waals surface area (Å²) < 4.78 is 15.7. The summed E-state index contributed by atoms with van der Waals surface area (Å²) in [6, 6.07) is 5.78. The first-order valence-corrected chi connectivity index (χ1v) is 6.84. The third-order valence-corrected chi connectivity index (χ3v) is 2.89. The van der Waals surface area contributed by atoms with E-state index in [1.54, 1.807) is 24.3 Å². The molecule has 0 saturated carbocycles. The molecule has 0 radical (unpaired) electrons. The van der Waals surface area contributed by atoms with E-state index in [1.165, 1.54) is 12.5 Å². The molecular formula is C14H12N4O6. The number of nitrogens with zero attached hydrogens (tertiary/aromatic N) is 2. The van der Waals surface area contributed by atoms with E-state index in [9.17, 15) is 14.4 Å². The molecule has 0 atom stereocenters. The number of hydrogen-bond acceptors (Lipinski definition) is 7. The smallest absolute Gasteiger partial charge is 0.437 e. The number of imide groups is 1. The first-order valence-electron chi connectivity index (χ1n) is 6.84. The lowest BCUT2D eigenvalue weighted by molar-refractivity contribution is -0.120. The van der Waals surface area contributed by atoms with Crippen LogP contribution in [0.5, 0.6) is 0 Å². The van der Waals surface area contributed by atoms with E-state index in [4.69, 9.17) is 13.3 Å². The third kappa shape index (κ3) is 3.61. The van der Waals surface area contributed by atoms with E-state index in [-0.39, 0.29) is 18.2 Å². The molecule has 0 saturated heterocycles. The lowest BCUT2D eigenvalue weighted by atomic mass is 10.4. The molecule has 0 aliphatic heterocycles. The number of nitrogens with one attached hydrogen (secondary N) is 2. The predicted octanol–water partition coefficient (Wildman–Crippen LogP) is 0.715. The summed E-state index contributed by atoms with van der Waals surface area (Å²) in [5.41, 5.74) is 0. The minimum absolute atomic E-state index is 0.0555. The summed E-state index contributed by atoms with van der Waals surface area (Å²) in [6.07, 6.45) is 2.86. The number of amides is 3. The number of furan rings is 2. The molecule has 0 unspecified atom stereocenters. The molecule has 0 spiro atoms. The molecule has 3 rings (SSSR count). The largest absolute Gasteiger partial charge is 0.467 e. The normalized spacial score (nSPS) is 10.5. The Labute approximate surface area is 134 Å². The Hall–Kier alpha value is -3.56. The molecule has 10 heteroatoms. The highest BCUT2D eigenvalue weighted by atomic mass is 16.4. The zero-order valence-electron chi connectivity index (χ0n) is 12.2. The third-order valence-electron chi connectivity index (χ3n) is 2.89. The van der Waals surface area contributed by atoms with E-state index < -0.39 is 24.2 Å². The fourth-order valence-corrected chi connectivity index (χ4v) is 1.83. The molecular weight excluding hydrogens is 320 g/mol. The molecule has 24 heavy (non-hydrogen) atoms. The summed E-state index contributed by atoms with van der Waals surface area (Å²) in [4.78, 5) is 35.0. The maximum atomic E-state index is 11.8. The standard InChI is InChI=1S/C14H12N4O6/c19-11(16-13(20)15-7-9-3-1-5-22-9)8-18-14(21)24-12(17-18)10-4-2-6-23-10/h1-6H,7-8H2,(H2,15,16,19,20). The number of aromatic nitrogens is 2. The second kappa shape index (κ2) is 6.69. The van der Waals surface area contributed by atoms with Crippen molar-refractivity contribution in [3.8, 4) is 11.7 Å². The van der Waals surface area contributed by atoms with Crippen molar-refractivity contribution >= 4 is 11.9 Å². The van der Waals surface area contributed by atoms with Crippen LogP contribution in [0, 0.1) is 0 Å². The van der Waals surface area contributed by atoms with E-state index in [2.05, 4.69) is 15.7 Å². The van der Waals surface area contributed by atoms with E-state index >= 15 is 0 Å². The van der Waals surface area contributed by atoms with Gasteiger partial charge >= 0.3 is 11.8 Å². The lowest BCUT2D eigenvalue weighted by Crippen LogP contribution is -2.41. The molecule has 0 fully saturated rings. The molecule has 10 nitrogen and oxygen atoms in total. The van der Waals surface area contributed by atoms with Crippen LogP contribution in [0.2, 0.25) is 0 Å². The summed E-state index contributed by atoms with van der Waals surface area (Å²) in [7, 11) is 0. The number of urea groups is 1. The van der Waals surface area contributed by atoms with Gasteiger partial charge in [-0.05, 0) is 24.3 Å². The summed E-state index contributed by atoms with van der Waals surface area (Å²) in [5, 5.41) is 8.32. The molecule has 3 aromatic heterocycles. The van der Waals surface area contributed by atoms with Crippen LogP contribution in [0.4, 0.5) is 4.79 Å². The van der Waals surface area contributed by atoms with Gasteiger partial charge in [0.05, 0.1) is 19.1 Å². The number of rotatable bonds is 5. The predicted molar refractivity (Wildman–Crippen MR) is 77.6 cm³/mol. The highest BCUT2D eigenvalue weighted by molar-refractivity contribution is 5.94. The van der Waals surface area contributed by atoms with E-state index in [1.807, 2.05) is 0 Å². The maximum absolute atomic E-state index is 11.8. The van der Waals surface area contributed by atoms with Gasteiger partial charge in [-0.15, -0.1) is 5.10 Å². The van der Waals surface area contributed by atoms with Crippen LogP contribution in [-0.4, -0.2) is 21.7 Å². The minimum atomic E-state index is -0.840.